The molecule has 20 heavy (non-hydrogen) atoms. The van der Waals surface area contributed by atoms with Gasteiger partial charge in [-0.05, 0) is 19.8 Å². The van der Waals surface area contributed by atoms with E-state index in [2.05, 4.69) is 15.3 Å². The molecule has 1 atom stereocenters. The number of hydrogen-bond donors (Lipinski definition) is 2. The topological polar surface area (TPSA) is 80.9 Å². The van der Waals surface area contributed by atoms with Crippen LogP contribution in [0.5, 0.6) is 0 Å². The van der Waals surface area contributed by atoms with E-state index in [1.54, 1.807) is 17.5 Å². The van der Waals surface area contributed by atoms with E-state index >= 15 is 0 Å². The summed E-state index contributed by atoms with van der Waals surface area (Å²) >= 11 is 3.11. The SMILES string of the molecule is Cc1cnc(CC(=O)N[C@H]2CCc3nc(N)sc3C2)s1. The van der Waals surface area contributed by atoms with E-state index in [4.69, 9.17) is 5.73 Å². The number of carbonyl (C=O) groups excluding carboxylic acids is 1. The van der Waals surface area contributed by atoms with Crippen LogP contribution in [0.2, 0.25) is 0 Å². The Bertz CT molecular complexity index is 634. The van der Waals surface area contributed by atoms with Crippen molar-refractivity contribution in [3.8, 4) is 0 Å². The summed E-state index contributed by atoms with van der Waals surface area (Å²) in [6, 6.07) is 0.191. The van der Waals surface area contributed by atoms with Crippen LogP contribution in [0.4, 0.5) is 5.13 Å². The predicted molar refractivity (Wildman–Crippen MR) is 81.0 cm³/mol. The third-order valence-corrected chi connectivity index (χ3v) is 5.16. The summed E-state index contributed by atoms with van der Waals surface area (Å²) < 4.78 is 0. The standard InChI is InChI=1S/C13H16N4OS2/c1-7-6-15-12(19-7)5-11(18)16-8-2-3-9-10(4-8)20-13(14)17-9/h6,8H,2-5H2,1H3,(H2,14,17)(H,16,18)/t8-/m0/s1. The first kappa shape index (κ1) is 13.5. The van der Waals surface area contributed by atoms with E-state index in [1.165, 1.54) is 16.2 Å². The zero-order valence-corrected chi connectivity index (χ0v) is 12.8. The number of aryl methyl sites for hydroxylation is 2. The Kier molecular flexibility index (Phi) is 3.71. The van der Waals surface area contributed by atoms with Crippen molar-refractivity contribution in [2.24, 2.45) is 0 Å². The molecule has 2 aromatic rings. The van der Waals surface area contributed by atoms with Gasteiger partial charge in [-0.3, -0.25) is 4.79 Å². The molecule has 1 aliphatic rings. The molecule has 1 aliphatic carbocycles. The highest BCUT2D eigenvalue weighted by molar-refractivity contribution is 7.15. The van der Waals surface area contributed by atoms with Crippen molar-refractivity contribution in [2.45, 2.75) is 38.6 Å². The van der Waals surface area contributed by atoms with Gasteiger partial charge in [-0.25, -0.2) is 9.97 Å². The van der Waals surface area contributed by atoms with Crippen molar-refractivity contribution in [1.29, 1.82) is 0 Å². The molecule has 0 bridgehead atoms. The first-order valence-electron chi connectivity index (χ1n) is 6.55. The van der Waals surface area contributed by atoms with E-state index in [0.29, 0.717) is 11.6 Å². The molecule has 0 saturated heterocycles. The molecule has 2 aromatic heterocycles. The molecule has 5 nitrogen and oxygen atoms in total. The number of hydrogen-bond acceptors (Lipinski definition) is 6. The number of nitrogens with two attached hydrogens (primary N) is 1. The lowest BCUT2D eigenvalue weighted by Gasteiger charge is -2.22. The van der Waals surface area contributed by atoms with Crippen molar-refractivity contribution in [3.05, 3.63) is 26.7 Å². The first-order chi connectivity index (χ1) is 9.60. The van der Waals surface area contributed by atoms with E-state index in [-0.39, 0.29) is 11.9 Å². The van der Waals surface area contributed by atoms with Gasteiger partial charge in [0.2, 0.25) is 5.91 Å². The Morgan fingerprint density at radius 2 is 2.40 bits per heavy atom. The van der Waals surface area contributed by atoms with E-state index in [0.717, 1.165) is 34.8 Å². The van der Waals surface area contributed by atoms with Gasteiger partial charge >= 0.3 is 0 Å². The third kappa shape index (κ3) is 2.99. The summed E-state index contributed by atoms with van der Waals surface area (Å²) in [5, 5.41) is 4.59. The number of carbonyl (C=O) groups is 1. The number of fused-ring (bicyclic) bond motifs is 1. The third-order valence-electron chi connectivity index (χ3n) is 3.30. The van der Waals surface area contributed by atoms with Crippen molar-refractivity contribution in [2.75, 3.05) is 5.73 Å². The smallest absolute Gasteiger partial charge is 0.227 e. The van der Waals surface area contributed by atoms with Crippen LogP contribution in [-0.2, 0) is 24.1 Å². The molecule has 3 N–H and O–H groups in total. The molecule has 1 amide bonds. The fourth-order valence-electron chi connectivity index (χ4n) is 2.42. The van der Waals surface area contributed by atoms with Gasteiger partial charge < -0.3 is 11.1 Å². The lowest BCUT2D eigenvalue weighted by Crippen LogP contribution is -2.39. The molecule has 0 saturated carbocycles. The Balaban J connectivity index is 1.57. The van der Waals surface area contributed by atoms with Crippen LogP contribution < -0.4 is 11.1 Å². The number of nitrogen functional groups attached to an aromatic ring is 1. The zero-order chi connectivity index (χ0) is 14.1. The number of nitrogens with zero attached hydrogens (tertiary/aromatic N) is 2. The second kappa shape index (κ2) is 5.49. The highest BCUT2D eigenvalue weighted by Gasteiger charge is 2.23. The maximum atomic E-state index is 12.0. The highest BCUT2D eigenvalue weighted by atomic mass is 32.1. The molecule has 0 fully saturated rings. The lowest BCUT2D eigenvalue weighted by atomic mass is 9.97. The van der Waals surface area contributed by atoms with Gasteiger partial charge in [0.25, 0.3) is 0 Å². The minimum Gasteiger partial charge on any atom is -0.375 e. The summed E-state index contributed by atoms with van der Waals surface area (Å²) in [5.41, 5.74) is 6.83. The van der Waals surface area contributed by atoms with Crippen LogP contribution in [0.1, 0.15) is 26.9 Å². The second-order valence-corrected chi connectivity index (χ2v) is 7.41. The molecule has 2 heterocycles. The summed E-state index contributed by atoms with van der Waals surface area (Å²) in [6.45, 7) is 2.00. The van der Waals surface area contributed by atoms with Crippen LogP contribution >= 0.6 is 22.7 Å². The Labute approximate surface area is 125 Å². The normalized spacial score (nSPS) is 17.8. The number of thiazole rings is 2. The highest BCUT2D eigenvalue weighted by Crippen LogP contribution is 2.28. The molecule has 0 aliphatic heterocycles. The number of anilines is 1. The van der Waals surface area contributed by atoms with Gasteiger partial charge in [0, 0.05) is 28.4 Å². The monoisotopic (exact) mass is 308 g/mol. The fourth-order valence-corrected chi connectivity index (χ4v) is 4.16. The number of rotatable bonds is 3. The predicted octanol–water partition coefficient (Wildman–Crippen LogP) is 1.71. The summed E-state index contributed by atoms with van der Waals surface area (Å²) in [4.78, 5) is 22.9. The molecule has 106 valence electrons. The lowest BCUT2D eigenvalue weighted by molar-refractivity contribution is -0.121. The van der Waals surface area contributed by atoms with Crippen LogP contribution in [0.3, 0.4) is 0 Å². The van der Waals surface area contributed by atoms with Crippen molar-refractivity contribution in [1.82, 2.24) is 15.3 Å². The van der Waals surface area contributed by atoms with Gasteiger partial charge in [0.1, 0.15) is 5.01 Å². The van der Waals surface area contributed by atoms with Crippen molar-refractivity contribution in [3.63, 3.8) is 0 Å². The molecule has 3 rings (SSSR count). The van der Waals surface area contributed by atoms with Gasteiger partial charge in [-0.2, -0.15) is 0 Å². The van der Waals surface area contributed by atoms with E-state index < -0.39 is 0 Å². The van der Waals surface area contributed by atoms with Crippen LogP contribution in [0.25, 0.3) is 0 Å². The van der Waals surface area contributed by atoms with Gasteiger partial charge in [0.05, 0.1) is 12.1 Å². The summed E-state index contributed by atoms with van der Waals surface area (Å²) in [5.74, 6) is 0.0466. The van der Waals surface area contributed by atoms with E-state index in [9.17, 15) is 4.79 Å². The molecule has 0 radical (unpaired) electrons. The molecule has 7 heteroatoms. The van der Waals surface area contributed by atoms with Crippen molar-refractivity contribution < 1.29 is 4.79 Å². The van der Waals surface area contributed by atoms with Gasteiger partial charge in [0.15, 0.2) is 5.13 Å². The molecular formula is C13H16N4OS2. The Morgan fingerprint density at radius 1 is 1.55 bits per heavy atom. The maximum Gasteiger partial charge on any atom is 0.227 e. The second-order valence-electron chi connectivity index (χ2n) is 4.97. The largest absolute Gasteiger partial charge is 0.375 e. The molecular weight excluding hydrogens is 292 g/mol. The average molecular weight is 308 g/mol. The minimum atomic E-state index is 0.0466. The van der Waals surface area contributed by atoms with Crippen molar-refractivity contribution >= 4 is 33.7 Å². The van der Waals surface area contributed by atoms with Crippen LogP contribution in [-0.4, -0.2) is 21.9 Å². The molecule has 0 aromatic carbocycles. The number of aromatic nitrogens is 2. The number of amides is 1. The van der Waals surface area contributed by atoms with Gasteiger partial charge in [-0.1, -0.05) is 0 Å². The zero-order valence-electron chi connectivity index (χ0n) is 11.2. The van der Waals surface area contributed by atoms with Crippen LogP contribution in [0.15, 0.2) is 6.20 Å². The Morgan fingerprint density at radius 3 is 3.15 bits per heavy atom. The Hall–Kier alpha value is -1.47. The average Bonchev–Trinajstić information content (AvgIpc) is 2.93. The van der Waals surface area contributed by atoms with E-state index in [1.807, 2.05) is 6.92 Å². The number of nitrogens with one attached hydrogen (secondary N) is 1. The fraction of sp³-hybridized carbons (Fsp3) is 0.462. The van der Waals surface area contributed by atoms with Crippen LogP contribution in [0, 0.1) is 6.92 Å². The first-order valence-corrected chi connectivity index (χ1v) is 8.18. The quantitative estimate of drug-likeness (QED) is 0.904. The van der Waals surface area contributed by atoms with Gasteiger partial charge in [-0.15, -0.1) is 22.7 Å². The molecule has 0 unspecified atom stereocenters. The molecule has 0 spiro atoms. The minimum absolute atomic E-state index is 0.0466. The summed E-state index contributed by atoms with van der Waals surface area (Å²) in [7, 11) is 0. The summed E-state index contributed by atoms with van der Waals surface area (Å²) in [6.07, 6.45) is 4.84. The maximum absolute atomic E-state index is 12.0.